The summed E-state index contributed by atoms with van der Waals surface area (Å²) in [6.45, 7) is 8.51. The molecule has 0 amide bonds. The lowest BCUT2D eigenvalue weighted by molar-refractivity contribution is 0.111. The van der Waals surface area contributed by atoms with E-state index in [0.717, 1.165) is 32.9 Å². The lowest BCUT2D eigenvalue weighted by Gasteiger charge is -2.32. The van der Waals surface area contributed by atoms with E-state index in [1.807, 2.05) is 18.2 Å². The van der Waals surface area contributed by atoms with Crippen molar-refractivity contribution in [3.63, 3.8) is 0 Å². The predicted octanol–water partition coefficient (Wildman–Crippen LogP) is 4.72. The fourth-order valence-corrected chi connectivity index (χ4v) is 4.72. The Bertz CT molecular complexity index is 632. The minimum atomic E-state index is 0.323. The Labute approximate surface area is 133 Å². The van der Waals surface area contributed by atoms with Gasteiger partial charge in [0, 0.05) is 27.4 Å². The van der Waals surface area contributed by atoms with Crippen molar-refractivity contribution in [3.05, 3.63) is 28.6 Å². The SMILES string of the molecule is CC(C)N(c1sc(-c2ccc(C=O)s2)cc1C=O)C(C)C. The molecule has 0 aliphatic heterocycles. The summed E-state index contributed by atoms with van der Waals surface area (Å²) in [6, 6.07) is 6.32. The zero-order chi connectivity index (χ0) is 15.6. The molecule has 0 fully saturated rings. The van der Waals surface area contributed by atoms with Gasteiger partial charge in [-0.2, -0.15) is 0 Å². The molecule has 0 bridgehead atoms. The van der Waals surface area contributed by atoms with Gasteiger partial charge in [-0.25, -0.2) is 0 Å². The maximum Gasteiger partial charge on any atom is 0.160 e. The quantitative estimate of drug-likeness (QED) is 0.722. The van der Waals surface area contributed by atoms with Gasteiger partial charge in [-0.15, -0.1) is 22.7 Å². The Hall–Kier alpha value is -1.46. The molecule has 0 saturated heterocycles. The molecule has 2 aromatic rings. The summed E-state index contributed by atoms with van der Waals surface area (Å²) < 4.78 is 0. The Kier molecular flexibility index (Phi) is 4.96. The molecule has 0 atom stereocenters. The highest BCUT2D eigenvalue weighted by Gasteiger charge is 2.21. The van der Waals surface area contributed by atoms with Crippen molar-refractivity contribution < 1.29 is 9.59 Å². The number of anilines is 1. The smallest absolute Gasteiger partial charge is 0.160 e. The molecule has 0 aromatic carbocycles. The van der Waals surface area contributed by atoms with Gasteiger partial charge in [0.15, 0.2) is 12.6 Å². The molecule has 2 aromatic heterocycles. The van der Waals surface area contributed by atoms with Crippen LogP contribution in [0.4, 0.5) is 5.00 Å². The lowest BCUT2D eigenvalue weighted by atomic mass is 10.2. The molecule has 2 rings (SSSR count). The summed E-state index contributed by atoms with van der Waals surface area (Å²) in [6.07, 6.45) is 1.78. The van der Waals surface area contributed by atoms with E-state index in [0.29, 0.717) is 17.0 Å². The van der Waals surface area contributed by atoms with Gasteiger partial charge in [-0.05, 0) is 45.9 Å². The lowest BCUT2D eigenvalue weighted by Crippen LogP contribution is -2.36. The molecule has 0 unspecified atom stereocenters. The number of rotatable bonds is 6. The second-order valence-corrected chi connectivity index (χ2v) is 7.55. The van der Waals surface area contributed by atoms with Crippen LogP contribution in [0, 0.1) is 0 Å². The second kappa shape index (κ2) is 6.54. The van der Waals surface area contributed by atoms with E-state index in [-0.39, 0.29) is 0 Å². The van der Waals surface area contributed by atoms with Crippen molar-refractivity contribution in [2.24, 2.45) is 0 Å². The molecule has 0 spiro atoms. The summed E-state index contributed by atoms with van der Waals surface area (Å²) in [5, 5.41) is 1.01. The van der Waals surface area contributed by atoms with E-state index in [4.69, 9.17) is 0 Å². The van der Waals surface area contributed by atoms with Crippen LogP contribution >= 0.6 is 22.7 Å². The first-order valence-electron chi connectivity index (χ1n) is 6.90. The van der Waals surface area contributed by atoms with Crippen molar-refractivity contribution in [1.29, 1.82) is 0 Å². The summed E-state index contributed by atoms with van der Waals surface area (Å²) in [7, 11) is 0. The van der Waals surface area contributed by atoms with Crippen LogP contribution in [0.25, 0.3) is 9.75 Å². The first kappa shape index (κ1) is 15.9. The number of hydrogen-bond acceptors (Lipinski definition) is 5. The Morgan fingerprint density at radius 3 is 2.10 bits per heavy atom. The number of hydrogen-bond donors (Lipinski definition) is 0. The van der Waals surface area contributed by atoms with Crippen LogP contribution in [0.3, 0.4) is 0 Å². The van der Waals surface area contributed by atoms with Crippen LogP contribution in [0.2, 0.25) is 0 Å². The van der Waals surface area contributed by atoms with E-state index < -0.39 is 0 Å². The van der Waals surface area contributed by atoms with Crippen molar-refractivity contribution >= 4 is 40.2 Å². The molecule has 2 heterocycles. The van der Waals surface area contributed by atoms with Gasteiger partial charge >= 0.3 is 0 Å². The highest BCUT2D eigenvalue weighted by Crippen LogP contribution is 2.40. The molecule has 112 valence electrons. The largest absolute Gasteiger partial charge is 0.358 e. The molecule has 0 saturated carbocycles. The molecule has 5 heteroatoms. The zero-order valence-electron chi connectivity index (χ0n) is 12.6. The van der Waals surface area contributed by atoms with Gasteiger partial charge in [-0.1, -0.05) is 0 Å². The minimum absolute atomic E-state index is 0.323. The zero-order valence-corrected chi connectivity index (χ0v) is 14.3. The first-order valence-corrected chi connectivity index (χ1v) is 8.54. The van der Waals surface area contributed by atoms with Crippen molar-refractivity contribution in [3.8, 4) is 9.75 Å². The standard InChI is InChI=1S/C16H19NO2S2/c1-10(2)17(11(3)4)16-12(8-18)7-15(21-16)14-6-5-13(9-19)20-14/h5-11H,1-4H3. The molecule has 0 aliphatic carbocycles. The van der Waals surface area contributed by atoms with Gasteiger partial charge in [0.05, 0.1) is 4.88 Å². The number of thiophene rings is 2. The fourth-order valence-electron chi connectivity index (χ4n) is 2.42. The average Bonchev–Trinajstić information content (AvgIpc) is 3.03. The molecule has 0 aliphatic rings. The third kappa shape index (κ3) is 3.24. The van der Waals surface area contributed by atoms with E-state index in [9.17, 15) is 9.59 Å². The van der Waals surface area contributed by atoms with Gasteiger partial charge in [0.2, 0.25) is 0 Å². The van der Waals surface area contributed by atoms with E-state index >= 15 is 0 Å². The molecule has 21 heavy (non-hydrogen) atoms. The van der Waals surface area contributed by atoms with Crippen LogP contribution in [-0.4, -0.2) is 24.7 Å². The summed E-state index contributed by atoms with van der Waals surface area (Å²) in [5.41, 5.74) is 0.721. The van der Waals surface area contributed by atoms with Crippen molar-refractivity contribution in [1.82, 2.24) is 0 Å². The molecular weight excluding hydrogens is 302 g/mol. The van der Waals surface area contributed by atoms with E-state index in [2.05, 4.69) is 32.6 Å². The van der Waals surface area contributed by atoms with Gasteiger partial charge in [0.25, 0.3) is 0 Å². The van der Waals surface area contributed by atoms with Crippen molar-refractivity contribution in [2.45, 2.75) is 39.8 Å². The number of aldehydes is 2. The molecule has 0 radical (unpaired) electrons. The maximum absolute atomic E-state index is 11.4. The van der Waals surface area contributed by atoms with Gasteiger partial charge in [-0.3, -0.25) is 9.59 Å². The number of nitrogens with zero attached hydrogens (tertiary/aromatic N) is 1. The van der Waals surface area contributed by atoms with E-state index in [1.165, 1.54) is 11.3 Å². The van der Waals surface area contributed by atoms with Crippen LogP contribution < -0.4 is 4.90 Å². The predicted molar refractivity (Wildman–Crippen MR) is 91.2 cm³/mol. The minimum Gasteiger partial charge on any atom is -0.358 e. The van der Waals surface area contributed by atoms with Crippen LogP contribution in [0.1, 0.15) is 47.7 Å². The van der Waals surface area contributed by atoms with Crippen LogP contribution in [0.15, 0.2) is 18.2 Å². The third-order valence-corrected chi connectivity index (χ3v) is 5.57. The topological polar surface area (TPSA) is 37.4 Å². The van der Waals surface area contributed by atoms with Gasteiger partial charge in [0.1, 0.15) is 5.00 Å². The normalized spacial score (nSPS) is 11.1. The van der Waals surface area contributed by atoms with Gasteiger partial charge < -0.3 is 4.90 Å². The highest BCUT2D eigenvalue weighted by molar-refractivity contribution is 7.25. The third-order valence-electron chi connectivity index (χ3n) is 3.20. The van der Waals surface area contributed by atoms with Crippen molar-refractivity contribution in [2.75, 3.05) is 4.90 Å². The monoisotopic (exact) mass is 321 g/mol. The second-order valence-electron chi connectivity index (χ2n) is 5.40. The Balaban J connectivity index is 2.48. The first-order chi connectivity index (χ1) is 9.97. The van der Waals surface area contributed by atoms with Crippen LogP contribution in [-0.2, 0) is 0 Å². The molecular formula is C16H19NO2S2. The Morgan fingerprint density at radius 1 is 0.952 bits per heavy atom. The number of carbonyl (C=O) groups excluding carboxylic acids is 2. The number of carbonyl (C=O) groups is 2. The molecule has 3 nitrogen and oxygen atoms in total. The maximum atomic E-state index is 11.4. The highest BCUT2D eigenvalue weighted by atomic mass is 32.1. The molecule has 0 N–H and O–H groups in total. The average molecular weight is 321 g/mol. The fraction of sp³-hybridized carbons (Fsp3) is 0.375. The van der Waals surface area contributed by atoms with Crippen LogP contribution in [0.5, 0.6) is 0 Å². The summed E-state index contributed by atoms with van der Waals surface area (Å²) in [5.74, 6) is 0. The van der Waals surface area contributed by atoms with E-state index in [1.54, 1.807) is 11.3 Å². The Morgan fingerprint density at radius 2 is 1.62 bits per heavy atom. The summed E-state index contributed by atoms with van der Waals surface area (Å²) >= 11 is 3.07. The summed E-state index contributed by atoms with van der Waals surface area (Å²) in [4.78, 5) is 27.3.